The number of amides is 1. The minimum atomic E-state index is -0.00781. The van der Waals surface area contributed by atoms with Crippen molar-refractivity contribution < 1.29 is 4.79 Å². The number of rotatable bonds is 3. The lowest BCUT2D eigenvalue weighted by Crippen LogP contribution is -2.47. The Labute approximate surface area is 152 Å². The van der Waals surface area contributed by atoms with Crippen LogP contribution in [-0.2, 0) is 0 Å². The molecule has 2 heterocycles. The summed E-state index contributed by atoms with van der Waals surface area (Å²) in [5.41, 5.74) is 3.37. The Kier molecular flexibility index (Phi) is 4.16. The molecule has 0 unspecified atom stereocenters. The van der Waals surface area contributed by atoms with E-state index in [9.17, 15) is 4.79 Å². The number of nitrogens with one attached hydrogen (secondary N) is 1. The Bertz CT molecular complexity index is 919. The summed E-state index contributed by atoms with van der Waals surface area (Å²) in [5.74, 6) is 0.409. The topological polar surface area (TPSA) is 63.1 Å². The summed E-state index contributed by atoms with van der Waals surface area (Å²) in [6.07, 6.45) is 3.10. The van der Waals surface area contributed by atoms with Gasteiger partial charge in [-0.25, -0.2) is 9.67 Å². The van der Waals surface area contributed by atoms with Crippen molar-refractivity contribution in [1.82, 2.24) is 14.8 Å². The quantitative estimate of drug-likeness (QED) is 0.789. The first kappa shape index (κ1) is 16.3. The van der Waals surface area contributed by atoms with Gasteiger partial charge in [0.05, 0.1) is 17.1 Å². The lowest BCUT2D eigenvalue weighted by Gasteiger charge is -2.37. The van der Waals surface area contributed by atoms with Crippen LogP contribution in [-0.4, -0.2) is 33.3 Å². The zero-order valence-electron chi connectivity index (χ0n) is 14.8. The zero-order chi connectivity index (χ0) is 18.1. The molecule has 0 bridgehead atoms. The Morgan fingerprint density at radius 1 is 1.19 bits per heavy atom. The first-order chi connectivity index (χ1) is 12.6. The van der Waals surface area contributed by atoms with Crippen LogP contribution < -0.4 is 10.2 Å². The molecule has 0 fully saturated rings. The third kappa shape index (κ3) is 2.94. The van der Waals surface area contributed by atoms with E-state index in [0.29, 0.717) is 18.0 Å². The van der Waals surface area contributed by atoms with Crippen molar-refractivity contribution in [3.63, 3.8) is 0 Å². The monoisotopic (exact) mass is 347 g/mol. The molecule has 132 valence electrons. The Hall–Kier alpha value is -3.15. The first-order valence-electron chi connectivity index (χ1n) is 8.76. The number of carbonyl (C=O) groups excluding carboxylic acids is 1. The number of fused-ring (bicyclic) bond motifs is 1. The molecule has 0 aliphatic carbocycles. The van der Waals surface area contributed by atoms with Gasteiger partial charge in [-0.15, -0.1) is 0 Å². The highest BCUT2D eigenvalue weighted by Gasteiger charge is 2.30. The first-order valence-corrected chi connectivity index (χ1v) is 8.76. The molecule has 3 aromatic rings. The van der Waals surface area contributed by atoms with Crippen LogP contribution in [0.2, 0.25) is 0 Å². The molecule has 1 amide bonds. The predicted molar refractivity (Wildman–Crippen MR) is 102 cm³/mol. The van der Waals surface area contributed by atoms with Crippen LogP contribution in [0.1, 0.15) is 24.2 Å². The van der Waals surface area contributed by atoms with E-state index in [1.807, 2.05) is 53.4 Å². The Morgan fingerprint density at radius 3 is 2.81 bits per heavy atom. The van der Waals surface area contributed by atoms with E-state index in [0.717, 1.165) is 17.1 Å². The van der Waals surface area contributed by atoms with Crippen molar-refractivity contribution in [2.75, 3.05) is 16.8 Å². The molecular weight excluding hydrogens is 326 g/mol. The highest BCUT2D eigenvalue weighted by Crippen LogP contribution is 2.33. The Balaban J connectivity index is 1.70. The second-order valence-electron chi connectivity index (χ2n) is 6.82. The van der Waals surface area contributed by atoms with Gasteiger partial charge in [0, 0.05) is 18.2 Å². The number of aromatic nitrogens is 3. The van der Waals surface area contributed by atoms with Crippen molar-refractivity contribution in [2.24, 2.45) is 5.92 Å². The Morgan fingerprint density at radius 2 is 2.04 bits per heavy atom. The largest absolute Gasteiger partial charge is 0.379 e. The molecule has 1 aliphatic heterocycles. The lowest BCUT2D eigenvalue weighted by atomic mass is 9.99. The number of hydrogen-bond donors (Lipinski definition) is 1. The summed E-state index contributed by atoms with van der Waals surface area (Å²) in [7, 11) is 0. The predicted octanol–water partition coefficient (Wildman–Crippen LogP) is 3.36. The smallest absolute Gasteiger partial charge is 0.258 e. The second kappa shape index (κ2) is 6.63. The van der Waals surface area contributed by atoms with Crippen LogP contribution in [0, 0.1) is 5.92 Å². The van der Waals surface area contributed by atoms with Crippen LogP contribution >= 0.6 is 0 Å². The third-order valence-electron chi connectivity index (χ3n) is 4.74. The molecule has 26 heavy (non-hydrogen) atoms. The fraction of sp³-hybridized carbons (Fsp3) is 0.250. The molecule has 6 nitrogen and oxygen atoms in total. The van der Waals surface area contributed by atoms with Gasteiger partial charge in [-0.1, -0.05) is 32.0 Å². The van der Waals surface area contributed by atoms with Crippen molar-refractivity contribution in [1.29, 1.82) is 0 Å². The van der Waals surface area contributed by atoms with E-state index in [2.05, 4.69) is 29.2 Å². The molecule has 0 spiro atoms. The summed E-state index contributed by atoms with van der Waals surface area (Å²) in [6, 6.07) is 15.7. The maximum absolute atomic E-state index is 13.3. The van der Waals surface area contributed by atoms with Crippen LogP contribution in [0.5, 0.6) is 0 Å². The summed E-state index contributed by atoms with van der Waals surface area (Å²) in [6.45, 7) is 4.97. The van der Waals surface area contributed by atoms with Gasteiger partial charge in [0.25, 0.3) is 5.91 Å². The number of benzene rings is 2. The van der Waals surface area contributed by atoms with Crippen LogP contribution in [0.4, 0.5) is 11.4 Å². The van der Waals surface area contributed by atoms with Crippen molar-refractivity contribution in [3.05, 3.63) is 66.7 Å². The number of carbonyl (C=O) groups is 1. The average Bonchev–Trinajstić information content (AvgIpc) is 3.21. The SMILES string of the molecule is CC(C)[C@@H]1CN(C(=O)c2cccc(-n3cncn3)c2)c2ccccc2N1. The summed E-state index contributed by atoms with van der Waals surface area (Å²) < 4.78 is 1.65. The number of hydrogen-bond acceptors (Lipinski definition) is 4. The van der Waals surface area contributed by atoms with Crippen LogP contribution in [0.3, 0.4) is 0 Å². The van der Waals surface area contributed by atoms with Gasteiger partial charge >= 0.3 is 0 Å². The minimum absolute atomic E-state index is 0.00781. The average molecular weight is 347 g/mol. The molecule has 2 aromatic carbocycles. The van der Waals surface area contributed by atoms with Gasteiger partial charge in [-0.05, 0) is 36.2 Å². The van der Waals surface area contributed by atoms with Gasteiger partial charge in [-0.3, -0.25) is 4.79 Å². The van der Waals surface area contributed by atoms with E-state index in [-0.39, 0.29) is 11.9 Å². The molecule has 6 heteroatoms. The maximum Gasteiger partial charge on any atom is 0.258 e. The summed E-state index contributed by atoms with van der Waals surface area (Å²) >= 11 is 0. The van der Waals surface area contributed by atoms with Crippen molar-refractivity contribution >= 4 is 17.3 Å². The van der Waals surface area contributed by atoms with E-state index in [1.54, 1.807) is 11.0 Å². The highest BCUT2D eigenvalue weighted by atomic mass is 16.2. The summed E-state index contributed by atoms with van der Waals surface area (Å²) in [5, 5.41) is 7.69. The van der Waals surface area contributed by atoms with Gasteiger partial charge in [0.15, 0.2) is 0 Å². The van der Waals surface area contributed by atoms with Gasteiger partial charge in [0.2, 0.25) is 0 Å². The molecule has 0 radical (unpaired) electrons. The number of nitrogens with zero attached hydrogens (tertiary/aromatic N) is 4. The fourth-order valence-corrected chi connectivity index (χ4v) is 3.22. The second-order valence-corrected chi connectivity index (χ2v) is 6.82. The van der Waals surface area contributed by atoms with Gasteiger partial charge in [0.1, 0.15) is 12.7 Å². The molecule has 1 aliphatic rings. The molecule has 1 aromatic heterocycles. The molecule has 0 saturated heterocycles. The highest BCUT2D eigenvalue weighted by molar-refractivity contribution is 6.08. The molecule has 1 N–H and O–H groups in total. The third-order valence-corrected chi connectivity index (χ3v) is 4.74. The van der Waals surface area contributed by atoms with E-state index < -0.39 is 0 Å². The van der Waals surface area contributed by atoms with E-state index in [1.165, 1.54) is 6.33 Å². The molecular formula is C20H21N5O. The standard InChI is InChI=1S/C20H21N5O/c1-14(2)18-11-24(19-9-4-3-8-17(19)23-18)20(26)15-6-5-7-16(10-15)25-13-21-12-22-25/h3-10,12-14,18,23H,11H2,1-2H3/t18-/m0/s1. The molecule has 0 saturated carbocycles. The van der Waals surface area contributed by atoms with E-state index in [4.69, 9.17) is 0 Å². The lowest BCUT2D eigenvalue weighted by molar-refractivity contribution is 0.0983. The van der Waals surface area contributed by atoms with Gasteiger partial charge in [-0.2, -0.15) is 5.10 Å². The zero-order valence-corrected chi connectivity index (χ0v) is 14.8. The maximum atomic E-state index is 13.3. The fourth-order valence-electron chi connectivity index (χ4n) is 3.22. The number of para-hydroxylation sites is 2. The van der Waals surface area contributed by atoms with Gasteiger partial charge < -0.3 is 10.2 Å². The summed E-state index contributed by atoms with van der Waals surface area (Å²) in [4.78, 5) is 19.1. The normalized spacial score (nSPS) is 16.3. The molecule has 4 rings (SSSR count). The van der Waals surface area contributed by atoms with Crippen LogP contribution in [0.25, 0.3) is 5.69 Å². The minimum Gasteiger partial charge on any atom is -0.379 e. The van der Waals surface area contributed by atoms with Crippen molar-refractivity contribution in [2.45, 2.75) is 19.9 Å². The number of anilines is 2. The van der Waals surface area contributed by atoms with E-state index >= 15 is 0 Å². The molecule has 1 atom stereocenters. The van der Waals surface area contributed by atoms with Crippen molar-refractivity contribution in [3.8, 4) is 5.69 Å². The van der Waals surface area contributed by atoms with Crippen LogP contribution in [0.15, 0.2) is 61.2 Å².